The summed E-state index contributed by atoms with van der Waals surface area (Å²) in [7, 11) is 1.92. The normalized spacial score (nSPS) is 15.3. The number of carbonyl (C=O) groups excluding carboxylic acids is 1. The van der Waals surface area contributed by atoms with Gasteiger partial charge in [0.15, 0.2) is 0 Å². The van der Waals surface area contributed by atoms with Gasteiger partial charge in [-0.05, 0) is 57.5 Å². The summed E-state index contributed by atoms with van der Waals surface area (Å²) < 4.78 is 5.68. The van der Waals surface area contributed by atoms with Gasteiger partial charge in [-0.1, -0.05) is 12.1 Å². The van der Waals surface area contributed by atoms with E-state index in [1.54, 1.807) is 0 Å². The molecule has 0 atom stereocenters. The molecule has 1 fully saturated rings. The predicted octanol–water partition coefficient (Wildman–Crippen LogP) is 2.65. The van der Waals surface area contributed by atoms with Crippen LogP contribution in [0.5, 0.6) is 5.75 Å². The summed E-state index contributed by atoms with van der Waals surface area (Å²) >= 11 is 0. The fourth-order valence-corrected chi connectivity index (χ4v) is 2.70. The highest BCUT2D eigenvalue weighted by Crippen LogP contribution is 2.17. The maximum Gasteiger partial charge on any atom is 0.226 e. The van der Waals surface area contributed by atoms with Gasteiger partial charge in [0.2, 0.25) is 5.91 Å². The highest BCUT2D eigenvalue weighted by Gasteiger charge is 2.21. The molecule has 22 heavy (non-hydrogen) atoms. The number of rotatable bonds is 5. The Hall–Kier alpha value is -1.26. The van der Waals surface area contributed by atoms with Crippen LogP contribution in [0, 0.1) is 0 Å². The monoisotopic (exact) mass is 326 g/mol. The van der Waals surface area contributed by atoms with Crippen molar-refractivity contribution >= 4 is 18.3 Å². The van der Waals surface area contributed by atoms with E-state index in [0.29, 0.717) is 12.5 Å². The van der Waals surface area contributed by atoms with Crippen LogP contribution in [0.25, 0.3) is 0 Å². The molecular formula is C17H27ClN2O2. The van der Waals surface area contributed by atoms with E-state index in [1.165, 1.54) is 0 Å². The van der Waals surface area contributed by atoms with Gasteiger partial charge in [-0.2, -0.15) is 0 Å². The molecule has 1 heterocycles. The second-order valence-corrected chi connectivity index (χ2v) is 5.98. The van der Waals surface area contributed by atoms with Gasteiger partial charge >= 0.3 is 0 Å². The number of carbonyl (C=O) groups is 1. The molecule has 1 aromatic rings. The molecule has 1 amide bonds. The minimum atomic E-state index is 0. The summed E-state index contributed by atoms with van der Waals surface area (Å²) in [6.07, 6.45) is 2.67. The van der Waals surface area contributed by atoms with E-state index in [2.05, 4.69) is 5.32 Å². The summed E-state index contributed by atoms with van der Waals surface area (Å²) in [5, 5.41) is 3.33. The standard InChI is InChI=1S/C17H26N2O2.ClH/c1-13(2)21-16-6-4-5-14(11-16)12-17(20)19(3)15-7-9-18-10-8-15;/h4-6,11,13,15,18H,7-10,12H2,1-3H3;1H. The SMILES string of the molecule is CC(C)Oc1cccc(CC(=O)N(C)C2CCNCC2)c1.Cl. The summed E-state index contributed by atoms with van der Waals surface area (Å²) in [4.78, 5) is 14.3. The first-order valence-electron chi connectivity index (χ1n) is 7.78. The molecule has 1 aliphatic heterocycles. The van der Waals surface area contributed by atoms with Crippen molar-refractivity contribution in [3.05, 3.63) is 29.8 Å². The van der Waals surface area contributed by atoms with Gasteiger partial charge in [0, 0.05) is 13.1 Å². The van der Waals surface area contributed by atoms with Gasteiger partial charge in [0.1, 0.15) is 5.75 Å². The van der Waals surface area contributed by atoms with E-state index in [1.807, 2.05) is 50.1 Å². The van der Waals surface area contributed by atoms with Gasteiger partial charge in [0.25, 0.3) is 0 Å². The van der Waals surface area contributed by atoms with Gasteiger partial charge in [-0.3, -0.25) is 4.79 Å². The minimum absolute atomic E-state index is 0. The molecule has 5 heteroatoms. The molecular weight excluding hydrogens is 300 g/mol. The van der Waals surface area contributed by atoms with Gasteiger partial charge < -0.3 is 15.0 Å². The summed E-state index contributed by atoms with van der Waals surface area (Å²) in [6.45, 7) is 6.01. The summed E-state index contributed by atoms with van der Waals surface area (Å²) in [5.74, 6) is 1.02. The molecule has 0 unspecified atom stereocenters. The van der Waals surface area contributed by atoms with Crippen molar-refractivity contribution in [1.82, 2.24) is 10.2 Å². The molecule has 1 aromatic carbocycles. The molecule has 4 nitrogen and oxygen atoms in total. The number of nitrogens with zero attached hydrogens (tertiary/aromatic N) is 1. The molecule has 2 rings (SSSR count). The van der Waals surface area contributed by atoms with Crippen LogP contribution in [0.15, 0.2) is 24.3 Å². The topological polar surface area (TPSA) is 41.6 Å². The number of benzene rings is 1. The average Bonchev–Trinajstić information content (AvgIpc) is 2.47. The third-order valence-corrected chi connectivity index (χ3v) is 3.88. The van der Waals surface area contributed by atoms with Crippen molar-refractivity contribution in [2.24, 2.45) is 0 Å². The molecule has 0 spiro atoms. The third-order valence-electron chi connectivity index (χ3n) is 3.88. The predicted molar refractivity (Wildman–Crippen MR) is 91.8 cm³/mol. The van der Waals surface area contributed by atoms with Crippen LogP contribution < -0.4 is 10.1 Å². The third kappa shape index (κ3) is 5.50. The Balaban J connectivity index is 0.00000242. The van der Waals surface area contributed by atoms with Crippen LogP contribution in [-0.4, -0.2) is 43.1 Å². The number of amides is 1. The van der Waals surface area contributed by atoms with Crippen LogP contribution in [0.2, 0.25) is 0 Å². The smallest absolute Gasteiger partial charge is 0.226 e. The molecule has 0 bridgehead atoms. The maximum atomic E-state index is 12.4. The fourth-order valence-electron chi connectivity index (χ4n) is 2.70. The Bertz CT molecular complexity index is 473. The number of hydrogen-bond acceptors (Lipinski definition) is 3. The highest BCUT2D eigenvalue weighted by atomic mass is 35.5. The van der Waals surface area contributed by atoms with E-state index in [0.717, 1.165) is 37.2 Å². The quantitative estimate of drug-likeness (QED) is 0.904. The second-order valence-electron chi connectivity index (χ2n) is 5.98. The van der Waals surface area contributed by atoms with Crippen molar-refractivity contribution in [2.45, 2.75) is 45.3 Å². The Labute approximate surface area is 139 Å². The highest BCUT2D eigenvalue weighted by molar-refractivity contribution is 5.85. The molecule has 0 radical (unpaired) electrons. The zero-order valence-electron chi connectivity index (χ0n) is 13.7. The van der Waals surface area contributed by atoms with Crippen LogP contribution in [0.3, 0.4) is 0 Å². The Morgan fingerprint density at radius 3 is 2.68 bits per heavy atom. The number of piperidine rings is 1. The summed E-state index contributed by atoms with van der Waals surface area (Å²) in [6, 6.07) is 8.21. The van der Waals surface area contributed by atoms with Crippen molar-refractivity contribution in [2.75, 3.05) is 20.1 Å². The molecule has 0 aliphatic carbocycles. The van der Waals surface area contributed by atoms with Gasteiger partial charge in [-0.25, -0.2) is 0 Å². The lowest BCUT2D eigenvalue weighted by molar-refractivity contribution is -0.131. The molecule has 1 saturated heterocycles. The Morgan fingerprint density at radius 1 is 1.36 bits per heavy atom. The molecule has 124 valence electrons. The minimum Gasteiger partial charge on any atom is -0.491 e. The number of hydrogen-bond donors (Lipinski definition) is 1. The number of likely N-dealkylation sites (N-methyl/N-ethyl adjacent to an activating group) is 1. The van der Waals surface area contributed by atoms with E-state index in [-0.39, 0.29) is 24.4 Å². The lowest BCUT2D eigenvalue weighted by atomic mass is 10.0. The lowest BCUT2D eigenvalue weighted by Gasteiger charge is -2.31. The Morgan fingerprint density at radius 2 is 2.05 bits per heavy atom. The number of halogens is 1. The van der Waals surface area contributed by atoms with E-state index in [4.69, 9.17) is 4.74 Å². The van der Waals surface area contributed by atoms with Crippen LogP contribution in [-0.2, 0) is 11.2 Å². The number of ether oxygens (including phenoxy) is 1. The zero-order valence-corrected chi connectivity index (χ0v) is 14.5. The molecule has 1 aliphatic rings. The van der Waals surface area contributed by atoms with Gasteiger partial charge in [0.05, 0.1) is 12.5 Å². The molecule has 0 saturated carbocycles. The number of nitrogens with one attached hydrogen (secondary N) is 1. The second kappa shape index (κ2) is 9.01. The molecule has 0 aromatic heterocycles. The maximum absolute atomic E-state index is 12.4. The van der Waals surface area contributed by atoms with Crippen molar-refractivity contribution in [1.29, 1.82) is 0 Å². The fraction of sp³-hybridized carbons (Fsp3) is 0.588. The van der Waals surface area contributed by atoms with Crippen LogP contribution >= 0.6 is 12.4 Å². The van der Waals surface area contributed by atoms with E-state index in [9.17, 15) is 4.79 Å². The first-order valence-corrected chi connectivity index (χ1v) is 7.78. The first-order chi connectivity index (χ1) is 10.1. The van der Waals surface area contributed by atoms with Crippen molar-refractivity contribution < 1.29 is 9.53 Å². The largest absolute Gasteiger partial charge is 0.491 e. The Kier molecular flexibility index (Phi) is 7.69. The van der Waals surface area contributed by atoms with Crippen molar-refractivity contribution in [3.8, 4) is 5.75 Å². The van der Waals surface area contributed by atoms with Crippen molar-refractivity contribution in [3.63, 3.8) is 0 Å². The van der Waals surface area contributed by atoms with E-state index >= 15 is 0 Å². The lowest BCUT2D eigenvalue weighted by Crippen LogP contribution is -2.44. The molecule has 1 N–H and O–H groups in total. The summed E-state index contributed by atoms with van der Waals surface area (Å²) in [5.41, 5.74) is 1.01. The van der Waals surface area contributed by atoms with Gasteiger partial charge in [-0.15, -0.1) is 12.4 Å². The zero-order chi connectivity index (χ0) is 15.2. The first kappa shape index (κ1) is 18.8. The van der Waals surface area contributed by atoms with Crippen LogP contribution in [0.1, 0.15) is 32.3 Å². The van der Waals surface area contributed by atoms with Crippen LogP contribution in [0.4, 0.5) is 0 Å². The van der Waals surface area contributed by atoms with E-state index < -0.39 is 0 Å². The average molecular weight is 327 g/mol.